The lowest BCUT2D eigenvalue weighted by Crippen LogP contribution is -1.85. The topological polar surface area (TPSA) is 20.2 Å². The molecule has 0 saturated heterocycles. The van der Waals surface area contributed by atoms with Crippen LogP contribution in [-0.2, 0) is 6.42 Å². The third-order valence-corrected chi connectivity index (χ3v) is 3.57. The van der Waals surface area contributed by atoms with Gasteiger partial charge in [-0.2, -0.15) is 0 Å². The molecule has 0 bridgehead atoms. The van der Waals surface area contributed by atoms with Gasteiger partial charge in [0.2, 0.25) is 0 Å². The van der Waals surface area contributed by atoms with Crippen molar-refractivity contribution < 1.29 is 5.11 Å². The first-order chi connectivity index (χ1) is 8.74. The Hall–Kier alpha value is -1.67. The summed E-state index contributed by atoms with van der Waals surface area (Å²) in [6, 6.07) is 14.1. The van der Waals surface area contributed by atoms with Crippen LogP contribution in [0.15, 0.2) is 60.0 Å². The molecule has 2 rings (SSSR count). The Bertz CT molecular complexity index is 561. The van der Waals surface area contributed by atoms with E-state index in [0.29, 0.717) is 12.2 Å². The maximum absolute atomic E-state index is 9.76. The van der Waals surface area contributed by atoms with Gasteiger partial charge in [-0.3, -0.25) is 0 Å². The van der Waals surface area contributed by atoms with Crippen molar-refractivity contribution in [3.8, 4) is 16.9 Å². The minimum atomic E-state index is 0.333. The second-order valence-electron chi connectivity index (χ2n) is 4.07. The van der Waals surface area contributed by atoms with Crippen molar-refractivity contribution in [1.29, 1.82) is 0 Å². The Morgan fingerprint density at radius 3 is 2.67 bits per heavy atom. The van der Waals surface area contributed by atoms with Crippen LogP contribution in [0.3, 0.4) is 0 Å². The molecule has 0 aliphatic rings. The normalized spacial score (nSPS) is 10.3. The van der Waals surface area contributed by atoms with Crippen molar-refractivity contribution in [2.75, 3.05) is 6.26 Å². The number of hydrogen-bond acceptors (Lipinski definition) is 2. The number of aromatic hydroxyl groups is 1. The third kappa shape index (κ3) is 2.77. The molecule has 92 valence electrons. The smallest absolute Gasteiger partial charge is 0.119 e. The van der Waals surface area contributed by atoms with E-state index < -0.39 is 0 Å². The predicted molar refractivity (Wildman–Crippen MR) is 79.2 cm³/mol. The molecule has 2 aromatic carbocycles. The summed E-state index contributed by atoms with van der Waals surface area (Å²) in [5, 5.41) is 9.76. The highest BCUT2D eigenvalue weighted by Gasteiger charge is 2.04. The molecule has 0 aromatic heterocycles. The van der Waals surface area contributed by atoms with Crippen LogP contribution in [0, 0.1) is 0 Å². The van der Waals surface area contributed by atoms with Crippen molar-refractivity contribution in [1.82, 2.24) is 0 Å². The molecule has 0 aliphatic carbocycles. The molecule has 0 saturated carbocycles. The molecule has 0 heterocycles. The standard InChI is InChI=1S/C16H16OS/c1-3-5-14-10-13(8-9-16(14)17)12-6-4-7-15(11-12)18-2/h3-4,6-11,17H,1,5H2,2H3. The Labute approximate surface area is 112 Å². The highest BCUT2D eigenvalue weighted by Crippen LogP contribution is 2.28. The van der Waals surface area contributed by atoms with Gasteiger partial charge in [-0.1, -0.05) is 24.3 Å². The molecular weight excluding hydrogens is 240 g/mol. The van der Waals surface area contributed by atoms with Gasteiger partial charge in [-0.15, -0.1) is 18.3 Å². The van der Waals surface area contributed by atoms with E-state index in [1.807, 2.05) is 12.1 Å². The maximum atomic E-state index is 9.76. The largest absolute Gasteiger partial charge is 0.508 e. The summed E-state index contributed by atoms with van der Waals surface area (Å²) in [7, 11) is 0. The van der Waals surface area contributed by atoms with Crippen molar-refractivity contribution in [3.63, 3.8) is 0 Å². The number of allylic oxidation sites excluding steroid dienone is 1. The van der Waals surface area contributed by atoms with Crippen molar-refractivity contribution in [2.24, 2.45) is 0 Å². The molecule has 2 aromatic rings. The van der Waals surface area contributed by atoms with Crippen LogP contribution in [0.1, 0.15) is 5.56 Å². The first-order valence-electron chi connectivity index (χ1n) is 5.82. The van der Waals surface area contributed by atoms with Crippen LogP contribution >= 0.6 is 11.8 Å². The van der Waals surface area contributed by atoms with Crippen LogP contribution in [0.2, 0.25) is 0 Å². The fourth-order valence-electron chi connectivity index (χ4n) is 1.89. The van der Waals surface area contributed by atoms with Gasteiger partial charge in [0.05, 0.1) is 0 Å². The zero-order valence-electron chi connectivity index (χ0n) is 10.4. The minimum Gasteiger partial charge on any atom is -0.508 e. The molecule has 1 N–H and O–H groups in total. The van der Waals surface area contributed by atoms with E-state index in [1.54, 1.807) is 23.9 Å². The predicted octanol–water partition coefficient (Wildman–Crippen LogP) is 4.51. The molecule has 1 nitrogen and oxygen atoms in total. The zero-order valence-corrected chi connectivity index (χ0v) is 11.2. The van der Waals surface area contributed by atoms with Gasteiger partial charge in [0.1, 0.15) is 5.75 Å². The molecule has 0 aliphatic heterocycles. The van der Waals surface area contributed by atoms with E-state index in [1.165, 1.54) is 10.5 Å². The fourth-order valence-corrected chi connectivity index (χ4v) is 2.35. The second kappa shape index (κ2) is 5.78. The van der Waals surface area contributed by atoms with E-state index in [2.05, 4.69) is 37.1 Å². The molecule has 0 amide bonds. The van der Waals surface area contributed by atoms with E-state index in [0.717, 1.165) is 11.1 Å². The quantitative estimate of drug-likeness (QED) is 0.641. The Morgan fingerprint density at radius 2 is 1.94 bits per heavy atom. The van der Waals surface area contributed by atoms with Gasteiger partial charge >= 0.3 is 0 Å². The van der Waals surface area contributed by atoms with Gasteiger partial charge in [-0.05, 0) is 53.6 Å². The van der Waals surface area contributed by atoms with Crippen molar-refractivity contribution in [3.05, 3.63) is 60.7 Å². The summed E-state index contributed by atoms with van der Waals surface area (Å²) in [5.74, 6) is 0.333. The summed E-state index contributed by atoms with van der Waals surface area (Å²) in [4.78, 5) is 1.24. The van der Waals surface area contributed by atoms with Crippen molar-refractivity contribution in [2.45, 2.75) is 11.3 Å². The summed E-state index contributed by atoms with van der Waals surface area (Å²) < 4.78 is 0. The molecule has 0 unspecified atom stereocenters. The van der Waals surface area contributed by atoms with Crippen LogP contribution < -0.4 is 0 Å². The monoisotopic (exact) mass is 256 g/mol. The number of phenolic OH excluding ortho intramolecular Hbond substituents is 1. The zero-order chi connectivity index (χ0) is 13.0. The molecule has 0 radical (unpaired) electrons. The summed E-state index contributed by atoms with van der Waals surface area (Å²) in [5.41, 5.74) is 3.21. The first-order valence-corrected chi connectivity index (χ1v) is 7.04. The lowest BCUT2D eigenvalue weighted by atomic mass is 10.0. The molecule has 2 heteroatoms. The van der Waals surface area contributed by atoms with E-state index in [9.17, 15) is 5.11 Å². The summed E-state index contributed by atoms with van der Waals surface area (Å²) in [6.07, 6.45) is 4.55. The van der Waals surface area contributed by atoms with Crippen molar-refractivity contribution >= 4 is 11.8 Å². The van der Waals surface area contributed by atoms with Crippen LogP contribution in [0.5, 0.6) is 5.75 Å². The summed E-state index contributed by atoms with van der Waals surface area (Å²) >= 11 is 1.73. The molecule has 0 fully saturated rings. The van der Waals surface area contributed by atoms with Gasteiger partial charge < -0.3 is 5.11 Å². The number of phenols is 1. The van der Waals surface area contributed by atoms with E-state index in [-0.39, 0.29) is 0 Å². The van der Waals surface area contributed by atoms with E-state index >= 15 is 0 Å². The SMILES string of the molecule is C=CCc1cc(-c2cccc(SC)c2)ccc1O. The Kier molecular flexibility index (Phi) is 4.11. The van der Waals surface area contributed by atoms with Gasteiger partial charge in [0, 0.05) is 4.90 Å². The second-order valence-corrected chi connectivity index (χ2v) is 4.95. The molecule has 18 heavy (non-hydrogen) atoms. The third-order valence-electron chi connectivity index (χ3n) is 2.85. The molecule has 0 atom stereocenters. The lowest BCUT2D eigenvalue weighted by molar-refractivity contribution is 0.470. The van der Waals surface area contributed by atoms with Gasteiger partial charge in [0.25, 0.3) is 0 Å². The number of benzene rings is 2. The van der Waals surface area contributed by atoms with Crippen LogP contribution in [0.25, 0.3) is 11.1 Å². The average molecular weight is 256 g/mol. The average Bonchev–Trinajstić information content (AvgIpc) is 2.41. The first kappa shape index (κ1) is 12.8. The van der Waals surface area contributed by atoms with E-state index in [4.69, 9.17) is 0 Å². The van der Waals surface area contributed by atoms with Crippen LogP contribution in [0.4, 0.5) is 0 Å². The van der Waals surface area contributed by atoms with Crippen LogP contribution in [-0.4, -0.2) is 11.4 Å². The summed E-state index contributed by atoms with van der Waals surface area (Å²) in [6.45, 7) is 3.71. The molecule has 0 spiro atoms. The number of thioether (sulfide) groups is 1. The lowest BCUT2D eigenvalue weighted by Gasteiger charge is -2.07. The van der Waals surface area contributed by atoms with Gasteiger partial charge in [0.15, 0.2) is 0 Å². The Morgan fingerprint density at radius 1 is 1.17 bits per heavy atom. The van der Waals surface area contributed by atoms with Gasteiger partial charge in [-0.25, -0.2) is 0 Å². The Balaban J connectivity index is 2.43. The highest BCUT2D eigenvalue weighted by molar-refractivity contribution is 7.98. The highest BCUT2D eigenvalue weighted by atomic mass is 32.2. The molecular formula is C16H16OS. The fraction of sp³-hybridized carbons (Fsp3) is 0.125. The maximum Gasteiger partial charge on any atom is 0.119 e. The minimum absolute atomic E-state index is 0.333. The number of hydrogen-bond donors (Lipinski definition) is 1. The number of rotatable bonds is 4.